The highest BCUT2D eigenvalue weighted by Gasteiger charge is 2.21. The van der Waals surface area contributed by atoms with E-state index in [-0.39, 0.29) is 23.7 Å². The van der Waals surface area contributed by atoms with Gasteiger partial charge in [-0.25, -0.2) is 14.8 Å². The van der Waals surface area contributed by atoms with E-state index < -0.39 is 11.5 Å². The number of anilines is 2. The molecule has 1 aromatic carbocycles. The van der Waals surface area contributed by atoms with Gasteiger partial charge in [-0.2, -0.15) is 10.0 Å². The SMILES string of the molecule is COn1c(N)nc2ncc(CN3OC(=O)c4ccc3cc4)nc2c1=O. The molecule has 0 atom stereocenters. The van der Waals surface area contributed by atoms with Gasteiger partial charge in [-0.05, 0) is 24.3 Å². The van der Waals surface area contributed by atoms with Crippen molar-refractivity contribution in [3.63, 3.8) is 0 Å². The van der Waals surface area contributed by atoms with Crippen LogP contribution in [0.1, 0.15) is 16.1 Å². The van der Waals surface area contributed by atoms with E-state index in [1.807, 2.05) is 0 Å². The molecule has 25 heavy (non-hydrogen) atoms. The van der Waals surface area contributed by atoms with Gasteiger partial charge in [0, 0.05) is 0 Å². The summed E-state index contributed by atoms with van der Waals surface area (Å²) in [5, 5.41) is 1.38. The summed E-state index contributed by atoms with van der Waals surface area (Å²) >= 11 is 0. The molecule has 3 aromatic rings. The lowest BCUT2D eigenvalue weighted by atomic mass is 10.2. The Balaban J connectivity index is 1.73. The van der Waals surface area contributed by atoms with Crippen LogP contribution in [0, 0.1) is 0 Å². The quantitative estimate of drug-likeness (QED) is 0.696. The number of carbonyl (C=O) groups is 1. The Morgan fingerprint density at radius 1 is 1.20 bits per heavy atom. The lowest BCUT2D eigenvalue weighted by molar-refractivity contribution is 0.0449. The van der Waals surface area contributed by atoms with Gasteiger partial charge in [0.1, 0.15) is 13.7 Å². The summed E-state index contributed by atoms with van der Waals surface area (Å²) in [4.78, 5) is 46.8. The topological polar surface area (TPSA) is 125 Å². The Bertz CT molecular complexity index is 1050. The Hall–Kier alpha value is -3.69. The number of nitrogens with two attached hydrogens (primary N) is 1. The zero-order valence-corrected chi connectivity index (χ0v) is 13.0. The first-order valence-electron chi connectivity index (χ1n) is 7.25. The number of fused-ring (bicyclic) bond motifs is 5. The Morgan fingerprint density at radius 3 is 2.68 bits per heavy atom. The number of hydrogen-bond donors (Lipinski definition) is 1. The van der Waals surface area contributed by atoms with Crippen molar-refractivity contribution in [1.29, 1.82) is 0 Å². The van der Waals surface area contributed by atoms with Crippen LogP contribution in [-0.4, -0.2) is 32.8 Å². The molecule has 0 amide bonds. The van der Waals surface area contributed by atoms with Crippen molar-refractivity contribution < 1.29 is 14.5 Å². The predicted molar refractivity (Wildman–Crippen MR) is 86.5 cm³/mol. The first-order valence-corrected chi connectivity index (χ1v) is 7.25. The van der Waals surface area contributed by atoms with E-state index in [0.717, 1.165) is 4.73 Å². The van der Waals surface area contributed by atoms with Gasteiger partial charge in [-0.1, -0.05) is 0 Å². The molecule has 2 aliphatic rings. The van der Waals surface area contributed by atoms with Crippen molar-refractivity contribution in [2.75, 3.05) is 17.9 Å². The zero-order valence-electron chi connectivity index (χ0n) is 13.0. The summed E-state index contributed by atoms with van der Waals surface area (Å²) in [5.41, 5.74) is 6.72. The summed E-state index contributed by atoms with van der Waals surface area (Å²) in [6, 6.07) is 6.87. The fourth-order valence-electron chi connectivity index (χ4n) is 2.49. The van der Waals surface area contributed by atoms with Crippen molar-refractivity contribution >= 4 is 28.8 Å². The van der Waals surface area contributed by atoms with Crippen molar-refractivity contribution in [3.8, 4) is 0 Å². The Labute approximate surface area is 140 Å². The first kappa shape index (κ1) is 14.9. The number of hydroxylamine groups is 1. The lowest BCUT2D eigenvalue weighted by Gasteiger charge is -2.19. The van der Waals surface area contributed by atoms with Crippen LogP contribution in [0.3, 0.4) is 0 Å². The van der Waals surface area contributed by atoms with Crippen molar-refractivity contribution in [3.05, 3.63) is 52.1 Å². The van der Waals surface area contributed by atoms with Crippen LogP contribution < -0.4 is 21.2 Å². The molecule has 10 heteroatoms. The van der Waals surface area contributed by atoms with Gasteiger partial charge < -0.3 is 15.4 Å². The molecule has 4 heterocycles. The largest absolute Gasteiger partial charge is 0.411 e. The van der Waals surface area contributed by atoms with Crippen LogP contribution in [0.2, 0.25) is 0 Å². The number of carbonyl (C=O) groups excluding carboxylic acids is 1. The van der Waals surface area contributed by atoms with Gasteiger partial charge in [0.05, 0.1) is 23.1 Å². The molecule has 0 unspecified atom stereocenters. The molecule has 2 N–H and O–H groups in total. The van der Waals surface area contributed by atoms with E-state index in [1.165, 1.54) is 18.4 Å². The van der Waals surface area contributed by atoms with Crippen molar-refractivity contribution in [2.45, 2.75) is 6.54 Å². The monoisotopic (exact) mass is 340 g/mol. The molecule has 126 valence electrons. The Kier molecular flexibility index (Phi) is 3.24. The summed E-state index contributed by atoms with van der Waals surface area (Å²) in [6.45, 7) is 0.114. The van der Waals surface area contributed by atoms with Gasteiger partial charge >= 0.3 is 11.5 Å². The van der Waals surface area contributed by atoms with Gasteiger partial charge in [0.15, 0.2) is 11.2 Å². The molecule has 2 aliphatic heterocycles. The number of nitrogen functional groups attached to an aromatic ring is 1. The van der Waals surface area contributed by atoms with Gasteiger partial charge in [-0.15, -0.1) is 4.73 Å². The average molecular weight is 340 g/mol. The first-order chi connectivity index (χ1) is 12.1. The number of benzene rings is 1. The van der Waals surface area contributed by atoms with Crippen LogP contribution in [0.5, 0.6) is 0 Å². The minimum atomic E-state index is -0.573. The van der Waals surface area contributed by atoms with Crippen LogP contribution >= 0.6 is 0 Å². The lowest BCUT2D eigenvalue weighted by Crippen LogP contribution is -2.30. The third-order valence-electron chi connectivity index (χ3n) is 3.69. The molecule has 0 radical (unpaired) electrons. The standard InChI is InChI=1S/C15H12N6O4/c1-24-21-13(22)11-12(19-15(21)16)17-6-9(18-11)7-20-10-4-2-8(3-5-10)14(23)25-20/h2-6H,7H2,1H3,(H2,16,17,19). The maximum atomic E-state index is 12.3. The van der Waals surface area contributed by atoms with Crippen molar-refractivity contribution in [2.24, 2.45) is 0 Å². The number of rotatable bonds is 3. The predicted octanol–water partition coefficient (Wildman–Crippen LogP) is -0.0809. The van der Waals surface area contributed by atoms with Crippen LogP contribution in [-0.2, 0) is 11.4 Å². The van der Waals surface area contributed by atoms with Crippen LogP contribution in [0.15, 0.2) is 35.3 Å². The third-order valence-corrected chi connectivity index (χ3v) is 3.69. The molecule has 2 bridgehead atoms. The van der Waals surface area contributed by atoms with E-state index in [1.54, 1.807) is 24.3 Å². The molecule has 0 spiro atoms. The molecule has 0 saturated carbocycles. The molecular weight excluding hydrogens is 328 g/mol. The van der Waals surface area contributed by atoms with Crippen LogP contribution in [0.4, 0.5) is 11.6 Å². The zero-order chi connectivity index (χ0) is 17.6. The second kappa shape index (κ2) is 5.44. The van der Waals surface area contributed by atoms with E-state index in [9.17, 15) is 9.59 Å². The Morgan fingerprint density at radius 2 is 1.96 bits per heavy atom. The van der Waals surface area contributed by atoms with E-state index in [2.05, 4.69) is 15.0 Å². The fraction of sp³-hybridized carbons (Fsp3) is 0.133. The van der Waals surface area contributed by atoms with Gasteiger partial charge in [-0.3, -0.25) is 4.79 Å². The maximum absolute atomic E-state index is 12.3. The molecule has 5 rings (SSSR count). The fourth-order valence-corrected chi connectivity index (χ4v) is 2.49. The molecule has 0 saturated heterocycles. The molecular formula is C15H12N6O4. The van der Waals surface area contributed by atoms with Crippen LogP contribution in [0.25, 0.3) is 11.2 Å². The highest BCUT2D eigenvalue weighted by Crippen LogP contribution is 2.23. The molecule has 0 fully saturated rings. The second-order valence-corrected chi connectivity index (χ2v) is 5.25. The summed E-state index contributed by atoms with van der Waals surface area (Å²) in [7, 11) is 1.29. The van der Waals surface area contributed by atoms with Gasteiger partial charge in [0.2, 0.25) is 5.95 Å². The molecule has 10 nitrogen and oxygen atoms in total. The summed E-state index contributed by atoms with van der Waals surface area (Å²) < 4.78 is 0.825. The van der Waals surface area contributed by atoms with Crippen molar-refractivity contribution in [1.82, 2.24) is 19.7 Å². The highest BCUT2D eigenvalue weighted by atomic mass is 16.7. The van der Waals surface area contributed by atoms with Gasteiger partial charge in [0.25, 0.3) is 0 Å². The maximum Gasteiger partial charge on any atom is 0.363 e. The normalized spacial score (nSPS) is 13.0. The van der Waals surface area contributed by atoms with E-state index in [4.69, 9.17) is 15.4 Å². The number of hydrogen-bond acceptors (Lipinski definition) is 9. The molecule has 0 aliphatic carbocycles. The van der Waals surface area contributed by atoms with E-state index >= 15 is 0 Å². The van der Waals surface area contributed by atoms with E-state index in [0.29, 0.717) is 16.9 Å². The smallest absolute Gasteiger partial charge is 0.363 e. The highest BCUT2D eigenvalue weighted by molar-refractivity contribution is 5.91. The number of nitrogens with zero attached hydrogens (tertiary/aromatic N) is 5. The number of aromatic nitrogens is 4. The third kappa shape index (κ3) is 2.40. The minimum absolute atomic E-state index is 0.00413. The average Bonchev–Trinajstić information content (AvgIpc) is 2.84. The second-order valence-electron chi connectivity index (χ2n) is 5.25. The summed E-state index contributed by atoms with van der Waals surface area (Å²) in [5.74, 6) is -0.590. The molecule has 2 aromatic heterocycles. The summed E-state index contributed by atoms with van der Waals surface area (Å²) in [6.07, 6.45) is 1.44. The minimum Gasteiger partial charge on any atom is -0.411 e.